The first-order valence-corrected chi connectivity index (χ1v) is 6.45. The molecule has 0 radical (unpaired) electrons. The Morgan fingerprint density at radius 1 is 1.25 bits per heavy atom. The molecule has 0 aliphatic carbocycles. The van der Waals surface area contributed by atoms with E-state index in [1.165, 1.54) is 6.08 Å². The van der Waals surface area contributed by atoms with Crippen LogP contribution in [0.25, 0.3) is 0 Å². The van der Waals surface area contributed by atoms with Crippen molar-refractivity contribution in [3.05, 3.63) is 77.3 Å². The van der Waals surface area contributed by atoms with E-state index in [-0.39, 0.29) is 5.91 Å². The molecule has 1 unspecified atom stereocenters. The van der Waals surface area contributed by atoms with E-state index in [9.17, 15) is 9.90 Å². The summed E-state index contributed by atoms with van der Waals surface area (Å²) in [4.78, 5) is 11.4. The lowest BCUT2D eigenvalue weighted by atomic mass is 10.00. The Bertz CT molecular complexity index is 626. The lowest BCUT2D eigenvalue weighted by Gasteiger charge is -2.16. The lowest BCUT2D eigenvalue weighted by Crippen LogP contribution is -2.11. The fourth-order valence-electron chi connectivity index (χ4n) is 1.87. The van der Waals surface area contributed by atoms with Crippen LogP contribution in [-0.4, -0.2) is 11.0 Å². The van der Waals surface area contributed by atoms with Gasteiger partial charge in [0, 0.05) is 16.3 Å². The van der Waals surface area contributed by atoms with Gasteiger partial charge >= 0.3 is 0 Å². The molecule has 0 heterocycles. The summed E-state index contributed by atoms with van der Waals surface area (Å²) in [7, 11) is 0. The molecule has 3 nitrogen and oxygen atoms in total. The molecule has 0 saturated heterocycles. The molecule has 0 aromatic heterocycles. The number of carbonyl (C=O) groups is 1. The summed E-state index contributed by atoms with van der Waals surface area (Å²) in [5, 5.41) is 13.6. The van der Waals surface area contributed by atoms with Crippen LogP contribution < -0.4 is 5.32 Å². The van der Waals surface area contributed by atoms with Gasteiger partial charge < -0.3 is 10.4 Å². The van der Waals surface area contributed by atoms with Crippen molar-refractivity contribution in [3.8, 4) is 0 Å². The lowest BCUT2D eigenvalue weighted by molar-refractivity contribution is -0.111. The van der Waals surface area contributed by atoms with Gasteiger partial charge in [-0.05, 0) is 29.8 Å². The molecule has 2 rings (SSSR count). The summed E-state index contributed by atoms with van der Waals surface area (Å²) in [6.45, 7) is 3.41. The summed E-state index contributed by atoms with van der Waals surface area (Å²) in [5.74, 6) is -0.339. The molecule has 0 aliphatic rings. The van der Waals surface area contributed by atoms with E-state index >= 15 is 0 Å². The van der Waals surface area contributed by atoms with Gasteiger partial charge in [-0.1, -0.05) is 48.5 Å². The molecule has 0 spiro atoms. The molecule has 1 atom stereocenters. The number of carbonyl (C=O) groups excluding carboxylic acids is 1. The average molecular weight is 288 g/mol. The SMILES string of the molecule is C=CC(=O)Nc1ccc(Cl)cc1C(O)c1ccccc1. The number of hydrogen-bond acceptors (Lipinski definition) is 2. The highest BCUT2D eigenvalue weighted by Crippen LogP contribution is 2.30. The Kier molecular flexibility index (Phi) is 4.56. The Hall–Kier alpha value is -2.10. The van der Waals surface area contributed by atoms with Crippen LogP contribution in [0.5, 0.6) is 0 Å². The van der Waals surface area contributed by atoms with Gasteiger partial charge in [0.15, 0.2) is 0 Å². The predicted molar refractivity (Wildman–Crippen MR) is 80.8 cm³/mol. The molecular weight excluding hydrogens is 274 g/mol. The maximum atomic E-state index is 11.4. The molecular formula is C16H14ClNO2. The standard InChI is InChI=1S/C16H14ClNO2/c1-2-15(19)18-14-9-8-12(17)10-13(14)16(20)11-6-4-3-5-7-11/h2-10,16,20H,1H2,(H,18,19). The third kappa shape index (κ3) is 3.26. The van der Waals surface area contributed by atoms with Crippen molar-refractivity contribution in [1.29, 1.82) is 0 Å². The van der Waals surface area contributed by atoms with Gasteiger partial charge in [0.2, 0.25) is 5.91 Å². The van der Waals surface area contributed by atoms with Gasteiger partial charge in [0.05, 0.1) is 0 Å². The summed E-state index contributed by atoms with van der Waals surface area (Å²) < 4.78 is 0. The van der Waals surface area contributed by atoms with E-state index in [4.69, 9.17) is 11.6 Å². The van der Waals surface area contributed by atoms with E-state index in [1.54, 1.807) is 18.2 Å². The fraction of sp³-hybridized carbons (Fsp3) is 0.0625. The highest BCUT2D eigenvalue weighted by atomic mass is 35.5. The minimum absolute atomic E-state index is 0.339. The quantitative estimate of drug-likeness (QED) is 0.845. The topological polar surface area (TPSA) is 49.3 Å². The molecule has 0 fully saturated rings. The Labute approximate surface area is 122 Å². The van der Waals surface area contributed by atoms with Crippen LogP contribution >= 0.6 is 11.6 Å². The van der Waals surface area contributed by atoms with Crippen molar-refractivity contribution in [1.82, 2.24) is 0 Å². The van der Waals surface area contributed by atoms with E-state index in [0.717, 1.165) is 5.56 Å². The highest BCUT2D eigenvalue weighted by Gasteiger charge is 2.16. The van der Waals surface area contributed by atoms with Crippen molar-refractivity contribution >= 4 is 23.2 Å². The average Bonchev–Trinajstić information content (AvgIpc) is 2.49. The number of anilines is 1. The zero-order chi connectivity index (χ0) is 14.5. The summed E-state index contributed by atoms with van der Waals surface area (Å²) in [6.07, 6.45) is 0.308. The predicted octanol–water partition coefficient (Wildman–Crippen LogP) is 3.55. The first kappa shape index (κ1) is 14.3. The van der Waals surface area contributed by atoms with Crippen LogP contribution in [-0.2, 0) is 4.79 Å². The maximum Gasteiger partial charge on any atom is 0.247 e. The zero-order valence-electron chi connectivity index (χ0n) is 10.7. The van der Waals surface area contributed by atoms with Gasteiger partial charge in [0.1, 0.15) is 6.10 Å². The van der Waals surface area contributed by atoms with Crippen LogP contribution in [0, 0.1) is 0 Å². The highest BCUT2D eigenvalue weighted by molar-refractivity contribution is 6.30. The molecule has 0 aliphatic heterocycles. The molecule has 0 saturated carbocycles. The monoisotopic (exact) mass is 287 g/mol. The first-order valence-electron chi connectivity index (χ1n) is 6.07. The van der Waals surface area contributed by atoms with E-state index in [0.29, 0.717) is 16.3 Å². The van der Waals surface area contributed by atoms with Crippen molar-refractivity contribution < 1.29 is 9.90 Å². The van der Waals surface area contributed by atoms with Gasteiger partial charge in [-0.2, -0.15) is 0 Å². The van der Waals surface area contributed by atoms with Gasteiger partial charge in [0.25, 0.3) is 0 Å². The van der Waals surface area contributed by atoms with Gasteiger partial charge in [-0.15, -0.1) is 0 Å². The molecule has 0 bridgehead atoms. The molecule has 20 heavy (non-hydrogen) atoms. The van der Waals surface area contributed by atoms with Crippen molar-refractivity contribution in [2.24, 2.45) is 0 Å². The number of hydrogen-bond donors (Lipinski definition) is 2. The molecule has 2 aromatic carbocycles. The van der Waals surface area contributed by atoms with Crippen molar-refractivity contribution in [3.63, 3.8) is 0 Å². The van der Waals surface area contributed by atoms with E-state index < -0.39 is 6.10 Å². The van der Waals surface area contributed by atoms with Crippen molar-refractivity contribution in [2.75, 3.05) is 5.32 Å². The smallest absolute Gasteiger partial charge is 0.247 e. The Morgan fingerprint density at radius 2 is 1.95 bits per heavy atom. The number of aliphatic hydroxyl groups is 1. The van der Waals surface area contributed by atoms with Crippen LogP contribution in [0.15, 0.2) is 61.2 Å². The van der Waals surface area contributed by atoms with Crippen molar-refractivity contribution in [2.45, 2.75) is 6.10 Å². The number of rotatable bonds is 4. The molecule has 1 amide bonds. The summed E-state index contributed by atoms with van der Waals surface area (Å²) in [6, 6.07) is 14.1. The Morgan fingerprint density at radius 3 is 2.60 bits per heavy atom. The number of benzene rings is 2. The first-order chi connectivity index (χ1) is 9.61. The second kappa shape index (κ2) is 6.37. The number of halogens is 1. The second-order valence-electron chi connectivity index (χ2n) is 4.24. The van der Waals surface area contributed by atoms with Crippen LogP contribution in [0.2, 0.25) is 5.02 Å². The molecule has 4 heteroatoms. The largest absolute Gasteiger partial charge is 0.384 e. The second-order valence-corrected chi connectivity index (χ2v) is 4.67. The third-order valence-electron chi connectivity index (χ3n) is 2.87. The van der Waals surface area contributed by atoms with Gasteiger partial charge in [-0.25, -0.2) is 0 Å². The minimum atomic E-state index is -0.866. The normalized spacial score (nSPS) is 11.7. The Balaban J connectivity index is 2.41. The number of nitrogens with one attached hydrogen (secondary N) is 1. The number of amides is 1. The van der Waals surface area contributed by atoms with Gasteiger partial charge in [-0.3, -0.25) is 4.79 Å². The molecule has 2 aromatic rings. The third-order valence-corrected chi connectivity index (χ3v) is 3.10. The summed E-state index contributed by atoms with van der Waals surface area (Å²) >= 11 is 5.97. The summed E-state index contributed by atoms with van der Waals surface area (Å²) in [5.41, 5.74) is 1.78. The molecule has 2 N–H and O–H groups in total. The zero-order valence-corrected chi connectivity index (χ0v) is 11.5. The van der Waals surface area contributed by atoms with E-state index in [1.807, 2.05) is 30.3 Å². The van der Waals surface area contributed by atoms with Crippen LogP contribution in [0.3, 0.4) is 0 Å². The fourth-order valence-corrected chi connectivity index (χ4v) is 2.05. The minimum Gasteiger partial charge on any atom is -0.384 e. The maximum absolute atomic E-state index is 11.4. The van der Waals surface area contributed by atoms with Crippen LogP contribution in [0.1, 0.15) is 17.2 Å². The number of aliphatic hydroxyl groups excluding tert-OH is 1. The van der Waals surface area contributed by atoms with Crippen LogP contribution in [0.4, 0.5) is 5.69 Å². The molecule has 102 valence electrons. The van der Waals surface area contributed by atoms with E-state index in [2.05, 4.69) is 11.9 Å².